The maximum Gasteiger partial charge on any atom is 0.00751 e. The van der Waals surface area contributed by atoms with Gasteiger partial charge in [-0.1, -0.05) is 27.7 Å². The van der Waals surface area contributed by atoms with Gasteiger partial charge in [-0.15, -0.1) is 0 Å². The largest absolute Gasteiger partial charge is 0.156 e. The van der Waals surface area contributed by atoms with Gasteiger partial charge in [0, 0.05) is 4.75 Å². The van der Waals surface area contributed by atoms with Crippen LogP contribution in [0.2, 0.25) is 0 Å². The van der Waals surface area contributed by atoms with Crippen molar-refractivity contribution in [3.8, 4) is 0 Å². The van der Waals surface area contributed by atoms with Crippen molar-refractivity contribution >= 4 is 11.8 Å². The molecule has 0 N–H and O–H groups in total. The average molecular weight is 131 g/mol. The molecule has 0 unspecified atom stereocenters. The summed E-state index contributed by atoms with van der Waals surface area (Å²) >= 11 is 1.98. The summed E-state index contributed by atoms with van der Waals surface area (Å²) in [4.78, 5) is 0. The lowest BCUT2D eigenvalue weighted by Gasteiger charge is -2.15. The minimum absolute atomic E-state index is 0.437. The van der Waals surface area contributed by atoms with Crippen LogP contribution in [-0.4, -0.2) is 10.5 Å². The molecule has 1 radical (unpaired) electrons. The van der Waals surface area contributed by atoms with Crippen LogP contribution >= 0.6 is 11.8 Å². The molecule has 0 aliphatic carbocycles. The van der Waals surface area contributed by atoms with Gasteiger partial charge in [0.15, 0.2) is 0 Å². The molecule has 0 spiro atoms. The van der Waals surface area contributed by atoms with E-state index in [1.54, 1.807) is 0 Å². The maximum atomic E-state index is 2.24. The number of hydrogen-bond acceptors (Lipinski definition) is 1. The van der Waals surface area contributed by atoms with Gasteiger partial charge in [0.1, 0.15) is 0 Å². The Morgan fingerprint density at radius 3 is 2.00 bits per heavy atom. The van der Waals surface area contributed by atoms with Crippen molar-refractivity contribution in [1.82, 2.24) is 0 Å². The van der Waals surface area contributed by atoms with Crippen LogP contribution in [0, 0.1) is 6.42 Å². The maximum absolute atomic E-state index is 2.24. The zero-order chi connectivity index (χ0) is 6.62. The molecule has 0 bridgehead atoms. The molecule has 0 fully saturated rings. The zero-order valence-electron chi connectivity index (χ0n) is 6.19. The van der Waals surface area contributed by atoms with Crippen LogP contribution in [0.15, 0.2) is 0 Å². The van der Waals surface area contributed by atoms with Crippen LogP contribution in [0.3, 0.4) is 0 Å². The van der Waals surface area contributed by atoms with Gasteiger partial charge in [-0.25, -0.2) is 0 Å². The van der Waals surface area contributed by atoms with Crippen molar-refractivity contribution in [3.63, 3.8) is 0 Å². The van der Waals surface area contributed by atoms with Gasteiger partial charge in [-0.2, -0.15) is 11.8 Å². The Hall–Kier alpha value is 0.350. The summed E-state index contributed by atoms with van der Waals surface area (Å²) in [5.74, 6) is 1.17. The third kappa shape index (κ3) is 6.35. The Bertz CT molecular complexity index is 51.9. The van der Waals surface area contributed by atoms with Crippen molar-refractivity contribution in [2.75, 3.05) is 5.75 Å². The first-order valence-corrected chi connectivity index (χ1v) is 3.96. The minimum atomic E-state index is 0.437. The summed E-state index contributed by atoms with van der Waals surface area (Å²) in [6.07, 6.45) is 2.19. The van der Waals surface area contributed by atoms with Crippen molar-refractivity contribution in [2.45, 2.75) is 32.4 Å². The van der Waals surface area contributed by atoms with E-state index in [4.69, 9.17) is 0 Å². The molecule has 0 aliphatic rings. The van der Waals surface area contributed by atoms with Gasteiger partial charge in [0.25, 0.3) is 0 Å². The summed E-state index contributed by atoms with van der Waals surface area (Å²) in [5.41, 5.74) is 0. The predicted molar refractivity (Wildman–Crippen MR) is 42.2 cm³/mol. The second-order valence-corrected chi connectivity index (χ2v) is 4.68. The second kappa shape index (κ2) is 3.39. The molecule has 0 heterocycles. The highest BCUT2D eigenvalue weighted by atomic mass is 32.2. The van der Waals surface area contributed by atoms with E-state index in [0.717, 1.165) is 0 Å². The van der Waals surface area contributed by atoms with Gasteiger partial charge in [-0.05, 0) is 12.2 Å². The molecule has 0 aromatic heterocycles. The van der Waals surface area contributed by atoms with E-state index >= 15 is 0 Å². The number of rotatable bonds is 2. The average Bonchev–Trinajstić information content (AvgIpc) is 1.59. The predicted octanol–water partition coefficient (Wildman–Crippen LogP) is 2.74. The number of hydrogen-bond donors (Lipinski definition) is 0. The summed E-state index contributed by atoms with van der Waals surface area (Å²) < 4.78 is 0.437. The quantitative estimate of drug-likeness (QED) is 0.555. The summed E-state index contributed by atoms with van der Waals surface area (Å²) in [5, 5.41) is 0. The molecule has 1 heteroatoms. The first-order valence-electron chi connectivity index (χ1n) is 2.98. The van der Waals surface area contributed by atoms with Crippen LogP contribution in [0.4, 0.5) is 0 Å². The topological polar surface area (TPSA) is 0 Å². The van der Waals surface area contributed by atoms with Crippen LogP contribution in [0.25, 0.3) is 0 Å². The Labute approximate surface area is 57.1 Å². The van der Waals surface area contributed by atoms with Crippen LogP contribution < -0.4 is 0 Å². The van der Waals surface area contributed by atoms with Crippen molar-refractivity contribution < 1.29 is 0 Å². The zero-order valence-corrected chi connectivity index (χ0v) is 7.01. The molecular formula is C7H15S. The Morgan fingerprint density at radius 2 is 1.88 bits per heavy atom. The molecule has 0 atom stereocenters. The molecule has 0 aromatic rings. The van der Waals surface area contributed by atoms with Crippen molar-refractivity contribution in [1.29, 1.82) is 0 Å². The molecule has 0 aliphatic heterocycles. The fourth-order valence-corrected chi connectivity index (χ4v) is 1.000. The highest BCUT2D eigenvalue weighted by Gasteiger charge is 2.07. The van der Waals surface area contributed by atoms with Gasteiger partial charge >= 0.3 is 0 Å². The molecular weight excluding hydrogens is 116 g/mol. The first kappa shape index (κ1) is 8.35. The summed E-state index contributed by atoms with van der Waals surface area (Å²) in [6.45, 7) is 8.81. The molecule has 0 rings (SSSR count). The SMILES string of the molecule is C[CH]CSC(C)(C)C. The third-order valence-corrected chi connectivity index (χ3v) is 2.05. The van der Waals surface area contributed by atoms with Crippen molar-refractivity contribution in [2.24, 2.45) is 0 Å². The van der Waals surface area contributed by atoms with E-state index in [1.165, 1.54) is 5.75 Å². The second-order valence-electron chi connectivity index (χ2n) is 2.83. The Kier molecular flexibility index (Phi) is 3.54. The lowest BCUT2D eigenvalue weighted by Crippen LogP contribution is -2.07. The summed E-state index contributed by atoms with van der Waals surface area (Å²) in [6, 6.07) is 0. The van der Waals surface area contributed by atoms with Crippen LogP contribution in [0.1, 0.15) is 27.7 Å². The van der Waals surface area contributed by atoms with E-state index in [0.29, 0.717) is 4.75 Å². The van der Waals surface area contributed by atoms with E-state index in [2.05, 4.69) is 34.1 Å². The Balaban J connectivity index is 3.11. The lowest BCUT2D eigenvalue weighted by atomic mass is 10.3. The van der Waals surface area contributed by atoms with E-state index in [-0.39, 0.29) is 0 Å². The number of thioether (sulfide) groups is 1. The van der Waals surface area contributed by atoms with E-state index in [9.17, 15) is 0 Å². The van der Waals surface area contributed by atoms with Crippen molar-refractivity contribution in [3.05, 3.63) is 6.42 Å². The van der Waals surface area contributed by atoms with Crippen LogP contribution in [-0.2, 0) is 0 Å². The fraction of sp³-hybridized carbons (Fsp3) is 0.857. The molecule has 8 heavy (non-hydrogen) atoms. The highest BCUT2D eigenvalue weighted by Crippen LogP contribution is 2.22. The lowest BCUT2D eigenvalue weighted by molar-refractivity contribution is 0.804. The normalized spacial score (nSPS) is 12.0. The molecule has 0 saturated carbocycles. The van der Waals surface area contributed by atoms with Gasteiger partial charge in [0.2, 0.25) is 0 Å². The smallest absolute Gasteiger partial charge is 0.00751 e. The standard InChI is InChI=1S/C7H15S/c1-5-6-8-7(2,3)4/h5H,6H2,1-4H3. The first-order chi connectivity index (χ1) is 3.56. The Morgan fingerprint density at radius 1 is 1.38 bits per heavy atom. The molecule has 0 saturated heterocycles. The molecule has 0 amide bonds. The third-order valence-electron chi connectivity index (χ3n) is 0.683. The van der Waals surface area contributed by atoms with Crippen LogP contribution in [0.5, 0.6) is 0 Å². The molecule has 49 valence electrons. The molecule has 0 nitrogen and oxygen atoms in total. The van der Waals surface area contributed by atoms with E-state index < -0.39 is 0 Å². The highest BCUT2D eigenvalue weighted by molar-refractivity contribution is 8.00. The summed E-state index contributed by atoms with van der Waals surface area (Å²) in [7, 11) is 0. The minimum Gasteiger partial charge on any atom is -0.156 e. The van der Waals surface area contributed by atoms with E-state index in [1.807, 2.05) is 11.8 Å². The monoisotopic (exact) mass is 131 g/mol. The van der Waals surface area contributed by atoms with Gasteiger partial charge in [-0.3, -0.25) is 0 Å². The van der Waals surface area contributed by atoms with Gasteiger partial charge < -0.3 is 0 Å². The van der Waals surface area contributed by atoms with Gasteiger partial charge in [0.05, 0.1) is 0 Å². The molecule has 0 aromatic carbocycles. The fourth-order valence-electron chi connectivity index (χ4n) is 0.333.